The Morgan fingerprint density at radius 2 is 1.43 bits per heavy atom. The van der Waals surface area contributed by atoms with Gasteiger partial charge in [-0.15, -0.1) is 0 Å². The van der Waals surface area contributed by atoms with E-state index in [1.807, 2.05) is 36.4 Å². The van der Waals surface area contributed by atoms with Gasteiger partial charge >= 0.3 is 0 Å². The topological polar surface area (TPSA) is 30.5 Å². The Morgan fingerprint density at radius 3 is 2.11 bits per heavy atom. The summed E-state index contributed by atoms with van der Waals surface area (Å²) in [4.78, 5) is 0. The molecule has 0 aliphatic carbocycles. The molecule has 0 aliphatic heterocycles. The second-order valence-electron chi connectivity index (χ2n) is 5.98. The van der Waals surface area contributed by atoms with Crippen LogP contribution in [0.15, 0.2) is 54.6 Å². The van der Waals surface area contributed by atoms with E-state index < -0.39 is 0 Å². The minimum Gasteiger partial charge on any atom is -0.493 e. The van der Waals surface area contributed by atoms with Gasteiger partial charge in [0.15, 0.2) is 11.5 Å². The van der Waals surface area contributed by atoms with E-state index in [9.17, 15) is 0 Å². The SMILES string of the molecule is COc1cc(CNc2ccc(Cl)cc2)c(Cl)cc1OCc1ccc(Cl)cc1Cl. The number of hydrogen-bond acceptors (Lipinski definition) is 3. The van der Waals surface area contributed by atoms with Crippen LogP contribution < -0.4 is 14.8 Å². The van der Waals surface area contributed by atoms with E-state index in [0.717, 1.165) is 16.8 Å². The van der Waals surface area contributed by atoms with Crippen LogP contribution in [-0.2, 0) is 13.2 Å². The Labute approximate surface area is 184 Å². The number of rotatable bonds is 7. The van der Waals surface area contributed by atoms with Crippen molar-refractivity contribution in [3.63, 3.8) is 0 Å². The minimum absolute atomic E-state index is 0.269. The summed E-state index contributed by atoms with van der Waals surface area (Å²) in [5.41, 5.74) is 2.64. The first-order valence-electron chi connectivity index (χ1n) is 8.39. The van der Waals surface area contributed by atoms with Gasteiger partial charge < -0.3 is 14.8 Å². The molecule has 3 rings (SSSR count). The molecular weight excluding hydrogens is 440 g/mol. The number of hydrogen-bond donors (Lipinski definition) is 1. The maximum atomic E-state index is 6.44. The molecule has 0 amide bonds. The second kappa shape index (κ2) is 9.62. The van der Waals surface area contributed by atoms with E-state index in [2.05, 4.69) is 5.32 Å². The number of methoxy groups -OCH3 is 1. The lowest BCUT2D eigenvalue weighted by molar-refractivity contribution is 0.284. The van der Waals surface area contributed by atoms with Crippen molar-refractivity contribution in [2.45, 2.75) is 13.2 Å². The van der Waals surface area contributed by atoms with Gasteiger partial charge in [-0.3, -0.25) is 0 Å². The van der Waals surface area contributed by atoms with Crippen molar-refractivity contribution in [2.75, 3.05) is 12.4 Å². The van der Waals surface area contributed by atoms with Crippen molar-refractivity contribution in [1.29, 1.82) is 0 Å². The molecule has 0 unspecified atom stereocenters. The van der Waals surface area contributed by atoms with Gasteiger partial charge in [-0.2, -0.15) is 0 Å². The highest BCUT2D eigenvalue weighted by Crippen LogP contribution is 2.35. The van der Waals surface area contributed by atoms with Crippen LogP contribution in [0.3, 0.4) is 0 Å². The molecule has 0 spiro atoms. The third-order valence-electron chi connectivity index (χ3n) is 4.06. The maximum absolute atomic E-state index is 6.44. The van der Waals surface area contributed by atoms with E-state index >= 15 is 0 Å². The van der Waals surface area contributed by atoms with Crippen molar-refractivity contribution >= 4 is 52.1 Å². The van der Waals surface area contributed by atoms with Crippen LogP contribution in [0.2, 0.25) is 20.1 Å². The predicted molar refractivity (Wildman–Crippen MR) is 118 cm³/mol. The van der Waals surface area contributed by atoms with Gasteiger partial charge in [-0.05, 0) is 48.0 Å². The van der Waals surface area contributed by atoms with Crippen molar-refractivity contribution in [3.05, 3.63) is 85.8 Å². The monoisotopic (exact) mass is 455 g/mol. The highest BCUT2D eigenvalue weighted by Gasteiger charge is 2.12. The van der Waals surface area contributed by atoms with Gasteiger partial charge in [0.2, 0.25) is 0 Å². The lowest BCUT2D eigenvalue weighted by Crippen LogP contribution is -2.03. The summed E-state index contributed by atoms with van der Waals surface area (Å²) in [5, 5.41) is 5.68. The van der Waals surface area contributed by atoms with E-state index in [1.165, 1.54) is 0 Å². The zero-order valence-corrected chi connectivity index (χ0v) is 18.0. The lowest BCUT2D eigenvalue weighted by Gasteiger charge is -2.15. The molecule has 0 radical (unpaired) electrons. The Hall–Kier alpha value is -1.78. The summed E-state index contributed by atoms with van der Waals surface area (Å²) >= 11 is 24.5. The summed E-state index contributed by atoms with van der Waals surface area (Å²) < 4.78 is 11.3. The predicted octanol–water partition coefficient (Wildman–Crippen LogP) is 7.50. The van der Waals surface area contributed by atoms with E-state index in [-0.39, 0.29) is 6.61 Å². The first-order valence-corrected chi connectivity index (χ1v) is 9.90. The fourth-order valence-corrected chi connectivity index (χ4v) is 3.35. The molecule has 3 aromatic rings. The standard InChI is InChI=1S/C21H17Cl4NO2/c1-27-20-8-14(11-26-17-6-4-15(22)5-7-17)19(25)10-21(20)28-12-13-2-3-16(23)9-18(13)24/h2-10,26H,11-12H2,1H3. The number of halogens is 4. The van der Waals surface area contributed by atoms with Gasteiger partial charge in [0.05, 0.1) is 7.11 Å². The molecule has 0 saturated heterocycles. The molecule has 0 aliphatic rings. The van der Waals surface area contributed by atoms with Crippen molar-refractivity contribution in [2.24, 2.45) is 0 Å². The van der Waals surface area contributed by atoms with Crippen LogP contribution in [0, 0.1) is 0 Å². The first kappa shape index (κ1) is 20.9. The zero-order valence-electron chi connectivity index (χ0n) is 14.9. The van der Waals surface area contributed by atoms with Crippen LogP contribution in [-0.4, -0.2) is 7.11 Å². The first-order chi connectivity index (χ1) is 13.5. The van der Waals surface area contributed by atoms with Gasteiger partial charge in [-0.1, -0.05) is 52.5 Å². The van der Waals surface area contributed by atoms with Gasteiger partial charge in [0.1, 0.15) is 6.61 Å². The van der Waals surface area contributed by atoms with Crippen LogP contribution in [0.1, 0.15) is 11.1 Å². The third kappa shape index (κ3) is 5.39. The average molecular weight is 457 g/mol. The number of nitrogens with one attached hydrogen (secondary N) is 1. The van der Waals surface area contributed by atoms with Crippen LogP contribution in [0.5, 0.6) is 11.5 Å². The Bertz CT molecular complexity index is 961. The molecule has 0 heterocycles. The molecule has 146 valence electrons. The fraction of sp³-hybridized carbons (Fsp3) is 0.143. The summed E-state index contributed by atoms with van der Waals surface area (Å²) in [6.45, 7) is 0.797. The van der Waals surface area contributed by atoms with Gasteiger partial charge in [0.25, 0.3) is 0 Å². The number of anilines is 1. The molecule has 0 aromatic heterocycles. The highest BCUT2D eigenvalue weighted by molar-refractivity contribution is 6.35. The Balaban J connectivity index is 1.72. The normalized spacial score (nSPS) is 10.6. The molecular formula is C21H17Cl4NO2. The molecule has 3 nitrogen and oxygen atoms in total. The molecule has 3 aromatic carbocycles. The number of ether oxygens (including phenoxy) is 2. The Morgan fingerprint density at radius 1 is 0.750 bits per heavy atom. The smallest absolute Gasteiger partial charge is 0.163 e. The summed E-state index contributed by atoms with van der Waals surface area (Å²) in [6.07, 6.45) is 0. The van der Waals surface area contributed by atoms with Crippen LogP contribution in [0.25, 0.3) is 0 Å². The molecule has 0 atom stereocenters. The lowest BCUT2D eigenvalue weighted by atomic mass is 10.2. The molecule has 1 N–H and O–H groups in total. The van der Waals surface area contributed by atoms with Crippen molar-refractivity contribution in [3.8, 4) is 11.5 Å². The summed E-state index contributed by atoms with van der Waals surface area (Å²) in [7, 11) is 1.59. The molecule has 0 fully saturated rings. The largest absolute Gasteiger partial charge is 0.493 e. The quantitative estimate of drug-likeness (QED) is 0.399. The fourth-order valence-electron chi connectivity index (χ4n) is 2.54. The number of benzene rings is 3. The second-order valence-corrected chi connectivity index (χ2v) is 7.67. The average Bonchev–Trinajstić information content (AvgIpc) is 2.68. The molecule has 7 heteroatoms. The van der Waals surface area contributed by atoms with Gasteiger partial charge in [0, 0.05) is 44.0 Å². The summed E-state index contributed by atoms with van der Waals surface area (Å²) in [5.74, 6) is 1.12. The molecule has 0 bridgehead atoms. The molecule has 0 saturated carbocycles. The third-order valence-corrected chi connectivity index (χ3v) is 5.25. The van der Waals surface area contributed by atoms with Crippen molar-refractivity contribution < 1.29 is 9.47 Å². The van der Waals surface area contributed by atoms with E-state index in [0.29, 0.717) is 38.1 Å². The van der Waals surface area contributed by atoms with Gasteiger partial charge in [-0.25, -0.2) is 0 Å². The molecule has 28 heavy (non-hydrogen) atoms. The van der Waals surface area contributed by atoms with E-state index in [1.54, 1.807) is 25.3 Å². The minimum atomic E-state index is 0.269. The van der Waals surface area contributed by atoms with E-state index in [4.69, 9.17) is 55.9 Å². The highest BCUT2D eigenvalue weighted by atomic mass is 35.5. The maximum Gasteiger partial charge on any atom is 0.163 e. The van der Waals surface area contributed by atoms with Crippen LogP contribution >= 0.6 is 46.4 Å². The van der Waals surface area contributed by atoms with Crippen molar-refractivity contribution in [1.82, 2.24) is 0 Å². The Kier molecular flexibility index (Phi) is 7.19. The summed E-state index contributed by atoms with van der Waals surface area (Å²) in [6, 6.07) is 16.3. The van der Waals surface area contributed by atoms with Crippen LogP contribution in [0.4, 0.5) is 5.69 Å². The zero-order chi connectivity index (χ0) is 20.1.